The van der Waals surface area contributed by atoms with Crippen molar-refractivity contribution in [3.63, 3.8) is 0 Å². The summed E-state index contributed by atoms with van der Waals surface area (Å²) in [7, 11) is -3.54. The maximum absolute atomic E-state index is 12.2. The third-order valence-electron chi connectivity index (χ3n) is 3.27. The van der Waals surface area contributed by atoms with Crippen molar-refractivity contribution in [2.75, 3.05) is 0 Å². The molecule has 0 fully saturated rings. The highest BCUT2D eigenvalue weighted by molar-refractivity contribution is 7.89. The summed E-state index contributed by atoms with van der Waals surface area (Å²) in [5, 5.41) is 2.78. The molecule has 0 bridgehead atoms. The minimum atomic E-state index is -3.54. The summed E-state index contributed by atoms with van der Waals surface area (Å²) in [5.74, 6) is 0.651. The number of rotatable bonds is 8. The second-order valence-corrected chi connectivity index (χ2v) is 7.49. The van der Waals surface area contributed by atoms with Crippen molar-refractivity contribution >= 4 is 15.9 Å². The molecule has 0 unspecified atom stereocenters. The average molecular weight is 350 g/mol. The largest absolute Gasteiger partial charge is 0.469 e. The Morgan fingerprint density at radius 3 is 2.67 bits per heavy atom. The molecule has 1 aromatic heterocycles. The van der Waals surface area contributed by atoms with Crippen molar-refractivity contribution in [1.29, 1.82) is 0 Å². The highest BCUT2D eigenvalue weighted by Gasteiger charge is 2.15. The number of sulfonamides is 1. The van der Waals surface area contributed by atoms with Gasteiger partial charge in [-0.3, -0.25) is 4.79 Å². The van der Waals surface area contributed by atoms with E-state index in [9.17, 15) is 13.2 Å². The van der Waals surface area contributed by atoms with Gasteiger partial charge in [0.25, 0.3) is 0 Å². The molecular formula is C17H22N2O4S. The van der Waals surface area contributed by atoms with E-state index in [-0.39, 0.29) is 23.4 Å². The topological polar surface area (TPSA) is 88.4 Å². The van der Waals surface area contributed by atoms with Crippen LogP contribution < -0.4 is 10.0 Å². The highest BCUT2D eigenvalue weighted by Crippen LogP contribution is 2.12. The lowest BCUT2D eigenvalue weighted by atomic mass is 10.2. The van der Waals surface area contributed by atoms with Crippen LogP contribution in [0.2, 0.25) is 0 Å². The Hall–Kier alpha value is -2.12. The summed E-state index contributed by atoms with van der Waals surface area (Å²) in [6.07, 6.45) is 2.43. The number of hydrogen-bond acceptors (Lipinski definition) is 4. The molecule has 0 spiro atoms. The quantitative estimate of drug-likeness (QED) is 0.764. The van der Waals surface area contributed by atoms with Crippen LogP contribution in [0.15, 0.2) is 52.0 Å². The molecular weight excluding hydrogens is 328 g/mol. The second kappa shape index (κ2) is 8.12. The molecule has 0 atom stereocenters. The Kier molecular flexibility index (Phi) is 6.16. The lowest BCUT2D eigenvalue weighted by Crippen LogP contribution is -2.30. The van der Waals surface area contributed by atoms with Gasteiger partial charge in [-0.15, -0.1) is 0 Å². The van der Waals surface area contributed by atoms with Gasteiger partial charge in [0.2, 0.25) is 15.9 Å². The van der Waals surface area contributed by atoms with Gasteiger partial charge in [-0.1, -0.05) is 12.1 Å². The Labute approximate surface area is 142 Å². The molecule has 2 aromatic rings. The fourth-order valence-electron chi connectivity index (χ4n) is 2.18. The molecule has 7 heteroatoms. The number of carbonyl (C=O) groups is 1. The van der Waals surface area contributed by atoms with E-state index in [1.165, 1.54) is 6.07 Å². The number of aryl methyl sites for hydroxylation is 1. The number of benzene rings is 1. The summed E-state index contributed by atoms with van der Waals surface area (Å²) in [4.78, 5) is 12.0. The second-order valence-electron chi connectivity index (χ2n) is 5.78. The third-order valence-corrected chi connectivity index (χ3v) is 4.92. The van der Waals surface area contributed by atoms with Crippen LogP contribution in [0.4, 0.5) is 0 Å². The minimum absolute atomic E-state index is 0.111. The fraction of sp³-hybridized carbons (Fsp3) is 0.353. The Morgan fingerprint density at radius 2 is 2.00 bits per heavy atom. The molecule has 0 aliphatic carbocycles. The zero-order valence-corrected chi connectivity index (χ0v) is 14.6. The lowest BCUT2D eigenvalue weighted by Gasteiger charge is -2.11. The van der Waals surface area contributed by atoms with Crippen LogP contribution in [-0.4, -0.2) is 20.4 Å². The highest BCUT2D eigenvalue weighted by atomic mass is 32.2. The van der Waals surface area contributed by atoms with Crippen molar-refractivity contribution in [3.8, 4) is 0 Å². The van der Waals surface area contributed by atoms with E-state index >= 15 is 0 Å². The zero-order valence-electron chi connectivity index (χ0n) is 13.8. The van der Waals surface area contributed by atoms with Gasteiger partial charge in [0, 0.05) is 25.4 Å². The van der Waals surface area contributed by atoms with Gasteiger partial charge in [0.05, 0.1) is 11.2 Å². The normalized spacial score (nSPS) is 11.6. The van der Waals surface area contributed by atoms with E-state index in [1.54, 1.807) is 44.4 Å². The first-order valence-corrected chi connectivity index (χ1v) is 9.25. The fourth-order valence-corrected chi connectivity index (χ4v) is 3.50. The summed E-state index contributed by atoms with van der Waals surface area (Å²) in [6.45, 7) is 3.81. The van der Waals surface area contributed by atoms with Crippen molar-refractivity contribution < 1.29 is 17.6 Å². The lowest BCUT2D eigenvalue weighted by molar-refractivity contribution is -0.121. The van der Waals surface area contributed by atoms with Crippen molar-refractivity contribution in [3.05, 3.63) is 54.0 Å². The Bertz CT molecular complexity index is 768. The van der Waals surface area contributed by atoms with Crippen LogP contribution in [-0.2, 0) is 27.8 Å². The molecule has 2 rings (SSSR count). The molecule has 0 saturated heterocycles. The minimum Gasteiger partial charge on any atom is -0.469 e. The summed E-state index contributed by atoms with van der Waals surface area (Å²) in [5.41, 5.74) is 0.730. The number of nitrogens with one attached hydrogen (secondary N) is 2. The van der Waals surface area contributed by atoms with Crippen molar-refractivity contribution in [2.24, 2.45) is 0 Å². The molecule has 0 radical (unpaired) electrons. The average Bonchev–Trinajstić information content (AvgIpc) is 3.03. The maximum Gasteiger partial charge on any atom is 0.240 e. The molecule has 2 N–H and O–H groups in total. The first-order chi connectivity index (χ1) is 11.4. The molecule has 1 heterocycles. The zero-order chi connectivity index (χ0) is 17.6. The van der Waals surface area contributed by atoms with Gasteiger partial charge in [-0.05, 0) is 43.7 Å². The van der Waals surface area contributed by atoms with Crippen LogP contribution in [0.5, 0.6) is 0 Å². The molecule has 24 heavy (non-hydrogen) atoms. The first-order valence-electron chi connectivity index (χ1n) is 7.77. The SMILES string of the molecule is CC(C)NS(=O)(=O)c1cccc(CNC(=O)CCc2ccco2)c1. The van der Waals surface area contributed by atoms with Gasteiger partial charge < -0.3 is 9.73 Å². The van der Waals surface area contributed by atoms with Crippen LogP contribution in [0, 0.1) is 0 Å². The summed E-state index contributed by atoms with van der Waals surface area (Å²) >= 11 is 0. The summed E-state index contributed by atoms with van der Waals surface area (Å²) < 4.78 is 32.0. The van der Waals surface area contributed by atoms with E-state index < -0.39 is 10.0 Å². The van der Waals surface area contributed by atoms with Crippen LogP contribution in [0.3, 0.4) is 0 Å². The molecule has 1 aromatic carbocycles. The monoisotopic (exact) mass is 350 g/mol. The van der Waals surface area contributed by atoms with Crippen molar-refractivity contribution in [2.45, 2.75) is 44.2 Å². The standard InChI is InChI=1S/C17H22N2O4S/c1-13(2)19-24(21,22)16-7-3-5-14(11-16)12-18-17(20)9-8-15-6-4-10-23-15/h3-7,10-11,13,19H,8-9,12H2,1-2H3,(H,18,20). The third kappa shape index (κ3) is 5.50. The molecule has 0 saturated carbocycles. The molecule has 0 aliphatic rings. The van der Waals surface area contributed by atoms with Gasteiger partial charge in [0.1, 0.15) is 5.76 Å². The molecule has 0 aliphatic heterocycles. The van der Waals surface area contributed by atoms with Gasteiger partial charge in [-0.25, -0.2) is 13.1 Å². The molecule has 1 amide bonds. The van der Waals surface area contributed by atoms with Gasteiger partial charge in [-0.2, -0.15) is 0 Å². The van der Waals surface area contributed by atoms with E-state index in [1.807, 2.05) is 6.07 Å². The van der Waals surface area contributed by atoms with Crippen molar-refractivity contribution in [1.82, 2.24) is 10.0 Å². The van der Waals surface area contributed by atoms with E-state index in [0.717, 1.165) is 11.3 Å². The van der Waals surface area contributed by atoms with Crippen LogP contribution >= 0.6 is 0 Å². The number of furan rings is 1. The Morgan fingerprint density at radius 1 is 1.21 bits per heavy atom. The number of carbonyl (C=O) groups excluding carboxylic acids is 1. The number of amides is 1. The predicted molar refractivity (Wildman–Crippen MR) is 90.8 cm³/mol. The van der Waals surface area contributed by atoms with Crippen LogP contribution in [0.25, 0.3) is 0 Å². The van der Waals surface area contributed by atoms with Crippen LogP contribution in [0.1, 0.15) is 31.6 Å². The number of hydrogen-bond donors (Lipinski definition) is 2. The Balaban J connectivity index is 1.91. The first kappa shape index (κ1) is 18.2. The molecule has 6 nitrogen and oxygen atoms in total. The van der Waals surface area contributed by atoms with Gasteiger partial charge >= 0.3 is 0 Å². The van der Waals surface area contributed by atoms with E-state index in [4.69, 9.17) is 4.42 Å². The van der Waals surface area contributed by atoms with E-state index in [0.29, 0.717) is 12.8 Å². The maximum atomic E-state index is 12.2. The smallest absolute Gasteiger partial charge is 0.240 e. The summed E-state index contributed by atoms with van der Waals surface area (Å²) in [6, 6.07) is 9.97. The van der Waals surface area contributed by atoms with Gasteiger partial charge in [0.15, 0.2) is 0 Å². The van der Waals surface area contributed by atoms with E-state index in [2.05, 4.69) is 10.0 Å². The predicted octanol–water partition coefficient (Wildman–Crippen LogP) is 2.22. The molecule has 130 valence electrons.